The maximum absolute atomic E-state index is 13.4. The molecule has 0 radical (unpaired) electrons. The van der Waals surface area contributed by atoms with Gasteiger partial charge >= 0.3 is 6.18 Å². The molecule has 0 saturated carbocycles. The number of hydrogen-bond donors (Lipinski definition) is 3. The van der Waals surface area contributed by atoms with E-state index in [1.165, 1.54) is 7.05 Å². The molecule has 0 unspecified atom stereocenters. The van der Waals surface area contributed by atoms with Gasteiger partial charge in [0, 0.05) is 33.4 Å². The van der Waals surface area contributed by atoms with Crippen molar-refractivity contribution in [1.82, 2.24) is 20.0 Å². The second kappa shape index (κ2) is 9.54. The van der Waals surface area contributed by atoms with Crippen molar-refractivity contribution in [3.8, 4) is 0 Å². The molecule has 1 aromatic carbocycles. The fraction of sp³-hybridized carbons (Fsp3) is 0.222. The molecule has 1 amide bonds. The Morgan fingerprint density at radius 1 is 1.35 bits per heavy atom. The fourth-order valence-corrected chi connectivity index (χ4v) is 4.21. The lowest BCUT2D eigenvalue weighted by Crippen LogP contribution is -2.12. The number of hydrogen-bond acceptors (Lipinski definition) is 5. The summed E-state index contributed by atoms with van der Waals surface area (Å²) in [6, 6.07) is 7.46. The van der Waals surface area contributed by atoms with E-state index in [1.807, 2.05) is 40.8 Å². The van der Waals surface area contributed by atoms with Crippen LogP contribution in [0.4, 0.5) is 30.5 Å². The number of nitrogens with one attached hydrogen (secondary N) is 2. The zero-order valence-corrected chi connectivity index (χ0v) is 20.3. The average molecular weight is 657 g/mol. The minimum Gasteiger partial charge on any atom is -0.365 e. The van der Waals surface area contributed by atoms with E-state index in [4.69, 9.17) is 5.73 Å². The monoisotopic (exact) mass is 657 g/mol. The molecule has 31 heavy (non-hydrogen) atoms. The van der Waals surface area contributed by atoms with Crippen molar-refractivity contribution < 1.29 is 18.0 Å². The Labute approximate surface area is 202 Å². The molecule has 3 rings (SSSR count). The number of carbonyl (C=O) groups excluding carboxylic acids is 1. The normalized spacial score (nSPS) is 11.9. The summed E-state index contributed by atoms with van der Waals surface area (Å²) in [5.41, 5.74) is 6.26. The molecule has 13 heteroatoms. The van der Waals surface area contributed by atoms with Crippen LogP contribution in [0.25, 0.3) is 0 Å². The number of carbonyl (C=O) groups is 1. The van der Waals surface area contributed by atoms with Crippen LogP contribution in [0.3, 0.4) is 0 Å². The predicted octanol–water partition coefficient (Wildman–Crippen LogP) is 4.63. The van der Waals surface area contributed by atoms with E-state index < -0.39 is 17.8 Å². The largest absolute Gasteiger partial charge is 0.435 e. The predicted molar refractivity (Wildman–Crippen MR) is 128 cm³/mol. The van der Waals surface area contributed by atoms with Gasteiger partial charge in [0.1, 0.15) is 5.56 Å². The third-order valence-electron chi connectivity index (χ3n) is 4.26. The highest BCUT2D eigenvalue weighted by atomic mass is 127. The topological polar surface area (TPSA) is 114 Å². The van der Waals surface area contributed by atoms with Crippen LogP contribution >= 0.6 is 45.2 Å². The zero-order valence-electron chi connectivity index (χ0n) is 16.0. The van der Waals surface area contributed by atoms with Crippen LogP contribution < -0.4 is 11.1 Å². The van der Waals surface area contributed by atoms with Crippen molar-refractivity contribution in [1.29, 1.82) is 0 Å². The van der Waals surface area contributed by atoms with Gasteiger partial charge in [-0.3, -0.25) is 14.6 Å². The number of aliphatic imine (C=N–C) groups is 1. The van der Waals surface area contributed by atoms with Crippen molar-refractivity contribution >= 4 is 74.6 Å². The quantitative estimate of drug-likeness (QED) is 0.196. The second-order valence-corrected chi connectivity index (χ2v) is 7.87. The molecular formula is C18H16F3I2N7O. The van der Waals surface area contributed by atoms with Crippen LogP contribution in [0.15, 0.2) is 29.3 Å². The van der Waals surface area contributed by atoms with Crippen molar-refractivity contribution in [2.24, 2.45) is 17.8 Å². The van der Waals surface area contributed by atoms with Gasteiger partial charge in [0.15, 0.2) is 17.3 Å². The van der Waals surface area contributed by atoms with E-state index >= 15 is 0 Å². The molecule has 3 aromatic rings. The van der Waals surface area contributed by atoms with Crippen LogP contribution in [-0.4, -0.2) is 32.1 Å². The molecule has 2 aromatic heterocycles. The molecule has 8 nitrogen and oxygen atoms in total. The van der Waals surface area contributed by atoms with E-state index in [9.17, 15) is 18.0 Å². The number of aromatic nitrogens is 4. The van der Waals surface area contributed by atoms with Crippen LogP contribution in [0.5, 0.6) is 0 Å². The summed E-state index contributed by atoms with van der Waals surface area (Å²) in [5, 5.41) is 13.1. The summed E-state index contributed by atoms with van der Waals surface area (Å²) < 4.78 is 42.4. The average Bonchev–Trinajstić information content (AvgIpc) is 3.26. The lowest BCUT2D eigenvalue weighted by molar-refractivity contribution is -0.141. The van der Waals surface area contributed by atoms with Gasteiger partial charge < -0.3 is 11.1 Å². The Morgan fingerprint density at radius 3 is 2.71 bits per heavy atom. The third kappa shape index (κ3) is 5.19. The number of anilines is 2. The highest BCUT2D eigenvalue weighted by Gasteiger charge is 2.38. The van der Waals surface area contributed by atoms with Gasteiger partial charge in [-0.1, -0.05) is 57.3 Å². The molecule has 164 valence electrons. The number of aryl methyl sites for hydroxylation is 1. The van der Waals surface area contributed by atoms with E-state index in [0.29, 0.717) is 11.4 Å². The lowest BCUT2D eigenvalue weighted by Gasteiger charge is -2.06. The van der Waals surface area contributed by atoms with E-state index in [0.717, 1.165) is 20.9 Å². The SMILES string of the molecule is Cn1nc(C(F)(F)F)c(/C=N/c2[nH]nc(Nc3cccc(CI)c3)c2C(N)=O)c1CI. The maximum Gasteiger partial charge on any atom is 0.435 e. The number of alkyl halides is 5. The van der Waals surface area contributed by atoms with Crippen molar-refractivity contribution in [3.63, 3.8) is 0 Å². The zero-order chi connectivity index (χ0) is 22.8. The summed E-state index contributed by atoms with van der Waals surface area (Å²) in [6.07, 6.45) is -3.63. The maximum atomic E-state index is 13.4. The van der Waals surface area contributed by atoms with Crippen LogP contribution in [-0.2, 0) is 22.1 Å². The molecule has 0 saturated heterocycles. The summed E-state index contributed by atoms with van der Waals surface area (Å²) in [7, 11) is 1.43. The molecular weight excluding hydrogens is 641 g/mol. The number of nitrogens with zero attached hydrogens (tertiary/aromatic N) is 4. The molecule has 0 spiro atoms. The van der Waals surface area contributed by atoms with E-state index in [1.54, 1.807) is 6.07 Å². The number of nitrogens with two attached hydrogens (primary N) is 1. The second-order valence-electron chi connectivity index (χ2n) is 6.34. The molecule has 0 atom stereocenters. The molecule has 4 N–H and O–H groups in total. The van der Waals surface area contributed by atoms with Gasteiger partial charge in [-0.15, -0.1) is 0 Å². The third-order valence-corrected chi connectivity index (χ3v) is 5.87. The highest BCUT2D eigenvalue weighted by molar-refractivity contribution is 14.1. The first-order valence-electron chi connectivity index (χ1n) is 8.68. The summed E-state index contributed by atoms with van der Waals surface area (Å²) in [4.78, 5) is 16.1. The number of halogens is 5. The first-order valence-corrected chi connectivity index (χ1v) is 11.7. The van der Waals surface area contributed by atoms with Crippen molar-refractivity contribution in [2.45, 2.75) is 15.0 Å². The molecule has 0 fully saturated rings. The number of amides is 1. The highest BCUT2D eigenvalue weighted by Crippen LogP contribution is 2.33. The minimum absolute atomic E-state index is 0.0589. The minimum atomic E-state index is -4.65. The molecule has 0 aliphatic carbocycles. The molecule has 0 bridgehead atoms. The molecule has 2 heterocycles. The number of benzene rings is 1. The number of H-pyrrole nitrogens is 1. The Balaban J connectivity index is 2.00. The Hall–Kier alpha value is -2.17. The van der Waals surface area contributed by atoms with Crippen LogP contribution in [0.2, 0.25) is 0 Å². The summed E-state index contributed by atoms with van der Waals surface area (Å²) >= 11 is 4.17. The van der Waals surface area contributed by atoms with Gasteiger partial charge in [-0.05, 0) is 17.7 Å². The van der Waals surface area contributed by atoms with Gasteiger partial charge in [0.05, 0.1) is 5.69 Å². The van der Waals surface area contributed by atoms with Crippen molar-refractivity contribution in [3.05, 3.63) is 52.3 Å². The molecule has 0 aliphatic heterocycles. The van der Waals surface area contributed by atoms with E-state index in [2.05, 4.69) is 48.2 Å². The van der Waals surface area contributed by atoms with E-state index in [-0.39, 0.29) is 27.2 Å². The first-order chi connectivity index (χ1) is 14.7. The first kappa shape index (κ1) is 23.5. The van der Waals surface area contributed by atoms with Crippen LogP contribution in [0, 0.1) is 0 Å². The Kier molecular flexibility index (Phi) is 7.23. The van der Waals surface area contributed by atoms with Gasteiger partial charge in [0.2, 0.25) is 0 Å². The summed E-state index contributed by atoms with van der Waals surface area (Å²) in [6.45, 7) is 0. The lowest BCUT2D eigenvalue weighted by atomic mass is 10.2. The van der Waals surface area contributed by atoms with Gasteiger partial charge in [-0.2, -0.15) is 23.4 Å². The number of aromatic amines is 1. The Morgan fingerprint density at radius 2 is 2.10 bits per heavy atom. The van der Waals surface area contributed by atoms with Crippen molar-refractivity contribution in [2.75, 3.05) is 5.32 Å². The van der Waals surface area contributed by atoms with Gasteiger partial charge in [-0.25, -0.2) is 4.99 Å². The molecule has 0 aliphatic rings. The standard InChI is InChI=1S/C18H16F3I2N7O/c1-30-12(7-23)11(14(29-30)18(19,20)21)8-25-16-13(15(24)31)17(28-27-16)26-10-4-2-3-9(5-10)6-22/h2-5,8H,6-7H2,1H3,(H2,24,31)(H2,26,27,28)/b25-8+. The van der Waals surface area contributed by atoms with Gasteiger partial charge in [0.25, 0.3) is 5.91 Å². The fourth-order valence-electron chi connectivity index (χ4n) is 2.83. The Bertz CT molecular complexity index is 1140. The van der Waals surface area contributed by atoms with Crippen LogP contribution in [0.1, 0.15) is 32.9 Å². The summed E-state index contributed by atoms with van der Waals surface area (Å²) in [5.74, 6) is -0.761. The smallest absolute Gasteiger partial charge is 0.365 e. The number of primary amides is 1. The number of rotatable bonds is 7.